The number of nitrogens with one attached hydrogen (secondary N) is 2. The van der Waals surface area contributed by atoms with Gasteiger partial charge in [0, 0.05) is 73.6 Å². The molecule has 0 unspecified atom stereocenters. The Morgan fingerprint density at radius 3 is 1.71 bits per heavy atom. The van der Waals surface area contributed by atoms with Gasteiger partial charge < -0.3 is 29.2 Å². The van der Waals surface area contributed by atoms with Gasteiger partial charge in [0.05, 0.1) is 64.4 Å². The monoisotopic (exact) mass is 1430 g/mol. The number of ether oxygens (including phenoxy) is 4. The number of unbranched alkanes of at least 4 members (excludes halogenated alkanes) is 3. The van der Waals surface area contributed by atoms with Crippen LogP contribution in [0, 0.1) is 0 Å². The number of anilines is 1. The Morgan fingerprint density at radius 1 is 0.566 bits per heavy atom. The molecule has 2 aliphatic heterocycles. The third kappa shape index (κ3) is 19.5. The maximum absolute atomic E-state index is 13.0. The van der Waals surface area contributed by atoms with Crippen LogP contribution in [-0.2, 0) is 75.8 Å². The molecule has 6 aromatic rings. The molecule has 9 rings (SSSR count). The zero-order chi connectivity index (χ0) is 71.1. The normalized spacial score (nSPS) is 16.5. The van der Waals surface area contributed by atoms with E-state index in [0.29, 0.717) is 145 Å². The fraction of sp³-hybridized carbons (Fsp3) is 0.378. The van der Waals surface area contributed by atoms with Crippen LogP contribution < -0.4 is 20.3 Å². The van der Waals surface area contributed by atoms with Crippen molar-refractivity contribution in [3.05, 3.63) is 226 Å². The van der Waals surface area contributed by atoms with Gasteiger partial charge in [0.2, 0.25) is 11.6 Å². The summed E-state index contributed by atoms with van der Waals surface area (Å²) in [6.07, 6.45) is 12.7. The van der Waals surface area contributed by atoms with Gasteiger partial charge in [-0.2, -0.15) is 38.2 Å². The number of hydrogen-bond acceptors (Lipinski definition) is 15. The first-order chi connectivity index (χ1) is 47.1. The highest BCUT2D eigenvalue weighted by atomic mass is 32.2. The molecule has 0 bridgehead atoms. The van der Waals surface area contributed by atoms with Crippen LogP contribution in [-0.4, -0.2) is 140 Å². The van der Waals surface area contributed by atoms with Gasteiger partial charge in [-0.3, -0.25) is 28.3 Å². The highest BCUT2D eigenvalue weighted by Crippen LogP contribution is 2.49. The van der Waals surface area contributed by atoms with Gasteiger partial charge in [-0.15, -0.1) is 0 Å². The van der Waals surface area contributed by atoms with Crippen molar-refractivity contribution in [1.29, 1.82) is 0 Å². The van der Waals surface area contributed by atoms with E-state index in [1.807, 2.05) is 75.1 Å². The smallest absolute Gasteiger partial charge is 0.294 e. The second-order valence-electron chi connectivity index (χ2n) is 25.7. The summed E-state index contributed by atoms with van der Waals surface area (Å²) in [5.41, 5.74) is 6.76. The van der Waals surface area contributed by atoms with Crippen LogP contribution in [0.5, 0.6) is 5.75 Å². The van der Waals surface area contributed by atoms with Crippen molar-refractivity contribution < 1.29 is 80.2 Å². The van der Waals surface area contributed by atoms with Gasteiger partial charge in [-0.25, -0.2) is 0 Å². The van der Waals surface area contributed by atoms with Crippen molar-refractivity contribution in [3.8, 4) is 5.75 Å². The molecule has 530 valence electrons. The second kappa shape index (κ2) is 33.3. The van der Waals surface area contributed by atoms with Gasteiger partial charge in [0.25, 0.3) is 40.5 Å². The van der Waals surface area contributed by atoms with Crippen molar-refractivity contribution in [2.24, 2.45) is 0 Å². The summed E-state index contributed by atoms with van der Waals surface area (Å²) in [4.78, 5) is 14.1. The summed E-state index contributed by atoms with van der Waals surface area (Å²) in [5, 5.41) is 6.82. The van der Waals surface area contributed by atoms with E-state index < -0.39 is 62.6 Å². The molecule has 2 heterocycles. The standard InChI is InChI=1S/C74H88N4O17S4/c1-72(2)64-53-62(98(86,87)88)36-38-66(64)77(44-16-8-15-29-70(79)75-42-20-46-92-48-50-94-51-49-93-47-43-76-74(57-23-9-5-10-24-57,58-25-11-6-12-26-58)59-27-13-7-14-28-59)68(72)40-30-55-21-19-22-56(71(55)95-60-32-34-61(35-33-60)97(83,84)85)31-41-69-73(3,4)65-54-63(99(89,90)91)37-39-67(65)78(69)45-17-18-52-96(80,81)82/h5-7,9-14,23-28,30-41,53-54,76H,8,15-22,29,42-52H2,1-4H3,(H4-,75,79,80,81,82,83,84,85,86,87,88,89,90,91)/p+1. The molecular weight excluding hydrogens is 1350 g/mol. The van der Waals surface area contributed by atoms with E-state index in [-0.39, 0.29) is 39.3 Å². The average Bonchev–Trinajstić information content (AvgIpc) is 1.57. The molecule has 0 atom stereocenters. The third-order valence-electron chi connectivity index (χ3n) is 18.1. The average molecular weight is 1430 g/mol. The van der Waals surface area contributed by atoms with Crippen LogP contribution in [0.15, 0.2) is 213 Å². The molecule has 1 aliphatic carbocycles. The van der Waals surface area contributed by atoms with Crippen molar-refractivity contribution in [2.75, 3.05) is 76.5 Å². The number of rotatable bonds is 36. The Labute approximate surface area is 582 Å². The third-order valence-corrected chi connectivity index (χ3v) is 21.5. The molecule has 99 heavy (non-hydrogen) atoms. The van der Waals surface area contributed by atoms with E-state index in [1.165, 1.54) is 48.5 Å². The Bertz CT molecular complexity index is 4350. The van der Waals surface area contributed by atoms with Gasteiger partial charge >= 0.3 is 0 Å². The number of nitrogens with zero attached hydrogens (tertiary/aromatic N) is 2. The highest BCUT2D eigenvalue weighted by Gasteiger charge is 2.46. The van der Waals surface area contributed by atoms with E-state index >= 15 is 0 Å². The molecule has 0 spiro atoms. The second-order valence-corrected chi connectivity index (χ2v) is 31.5. The topological polar surface area (TPSA) is 302 Å². The van der Waals surface area contributed by atoms with Crippen molar-refractivity contribution in [3.63, 3.8) is 0 Å². The van der Waals surface area contributed by atoms with Gasteiger partial charge in [-0.05, 0) is 165 Å². The number of benzene rings is 6. The molecule has 25 heteroatoms. The van der Waals surface area contributed by atoms with E-state index in [9.17, 15) is 56.7 Å². The minimum Gasteiger partial charge on any atom is -0.457 e. The Morgan fingerprint density at radius 2 is 1.12 bits per heavy atom. The molecule has 21 nitrogen and oxygen atoms in total. The summed E-state index contributed by atoms with van der Waals surface area (Å²) in [6, 6.07) is 45.4. The van der Waals surface area contributed by atoms with Gasteiger partial charge in [0.15, 0.2) is 5.71 Å². The van der Waals surface area contributed by atoms with Crippen LogP contribution in [0.2, 0.25) is 0 Å². The molecule has 1 amide bonds. The molecule has 0 fully saturated rings. The number of amides is 1. The number of carbonyl (C=O) groups excluding carboxylic acids is 1. The summed E-state index contributed by atoms with van der Waals surface area (Å²) in [7, 11) is -17.9. The molecule has 3 aliphatic rings. The molecule has 0 saturated heterocycles. The van der Waals surface area contributed by atoms with Crippen LogP contribution >= 0.6 is 0 Å². The van der Waals surface area contributed by atoms with E-state index in [2.05, 4.69) is 88.0 Å². The molecule has 0 saturated carbocycles. The van der Waals surface area contributed by atoms with E-state index in [0.717, 1.165) is 39.2 Å². The lowest BCUT2D eigenvalue weighted by molar-refractivity contribution is -0.438. The Hall–Kier alpha value is -7.50. The predicted octanol–water partition coefficient (Wildman–Crippen LogP) is 11.9. The number of hydrogen-bond donors (Lipinski definition) is 6. The maximum atomic E-state index is 13.0. The van der Waals surface area contributed by atoms with Crippen LogP contribution in [0.3, 0.4) is 0 Å². The summed E-state index contributed by atoms with van der Waals surface area (Å²) in [6.45, 7) is 12.1. The lowest BCUT2D eigenvalue weighted by Crippen LogP contribution is -2.46. The van der Waals surface area contributed by atoms with Gasteiger partial charge in [-0.1, -0.05) is 111 Å². The molecule has 6 N–H and O–H groups in total. The van der Waals surface area contributed by atoms with E-state index in [1.54, 1.807) is 12.1 Å². The maximum Gasteiger partial charge on any atom is 0.294 e. The fourth-order valence-electron chi connectivity index (χ4n) is 13.1. The molecule has 0 radical (unpaired) electrons. The number of allylic oxidation sites excluding steroid dienone is 7. The SMILES string of the molecule is CC1(C)C(/C=C/C2=C(Oc3ccc(S(=O)(=O)O)cc3)C(=C/C=C3/N(CCCCS(=O)(=O)O)c4ccc(S(=O)(=O)O)cc4C3(C)C)/CCC2)=[N+](CCCCCC(=O)NCCCOCCOCCOCCNC(c2ccccc2)(c2ccccc2)c2ccccc2)c2ccc(S(=O)(=O)O)cc21. The number of fused-ring (bicyclic) bond motifs is 2. The first kappa shape index (κ1) is 75.7. The van der Waals surface area contributed by atoms with Crippen LogP contribution in [0.1, 0.15) is 120 Å². The Balaban J connectivity index is 0.813. The van der Waals surface area contributed by atoms with E-state index in [4.69, 9.17) is 18.9 Å². The lowest BCUT2D eigenvalue weighted by Gasteiger charge is -2.37. The summed E-state index contributed by atoms with van der Waals surface area (Å²) in [5.74, 6) is 0.162. The van der Waals surface area contributed by atoms with Crippen LogP contribution in [0.25, 0.3) is 0 Å². The predicted molar refractivity (Wildman–Crippen MR) is 380 cm³/mol. The van der Waals surface area contributed by atoms with Crippen molar-refractivity contribution in [1.82, 2.24) is 10.6 Å². The highest BCUT2D eigenvalue weighted by molar-refractivity contribution is 7.86. The fourth-order valence-corrected chi connectivity index (χ4v) is 15.2. The lowest BCUT2D eigenvalue weighted by atomic mass is 9.77. The minimum atomic E-state index is -4.59. The quantitative estimate of drug-likeness (QED) is 0.00921. The minimum absolute atomic E-state index is 0.0739. The summed E-state index contributed by atoms with van der Waals surface area (Å²) < 4.78 is 163. The molecule has 0 aromatic heterocycles. The Kier molecular flexibility index (Phi) is 25.5. The van der Waals surface area contributed by atoms with Crippen LogP contribution in [0.4, 0.5) is 11.4 Å². The zero-order valence-corrected chi connectivity index (χ0v) is 59.5. The van der Waals surface area contributed by atoms with Gasteiger partial charge in [0.1, 0.15) is 18.1 Å². The zero-order valence-electron chi connectivity index (χ0n) is 56.2. The molecule has 6 aromatic carbocycles. The van der Waals surface area contributed by atoms with Crippen molar-refractivity contribution in [2.45, 2.75) is 123 Å². The number of carbonyl (C=O) groups is 1. The summed E-state index contributed by atoms with van der Waals surface area (Å²) >= 11 is 0. The van der Waals surface area contributed by atoms with Crippen molar-refractivity contribution >= 4 is 63.5 Å². The largest absolute Gasteiger partial charge is 0.457 e. The molecular formula is C74H89N4O17S4+. The first-order valence-corrected chi connectivity index (χ1v) is 39.1. The first-order valence-electron chi connectivity index (χ1n) is 33.2.